The minimum absolute atomic E-state index is 0.162. The van der Waals surface area contributed by atoms with Crippen LogP contribution in [0.15, 0.2) is 24.3 Å². The first-order chi connectivity index (χ1) is 8.25. The van der Waals surface area contributed by atoms with E-state index in [4.69, 9.17) is 0 Å². The molecule has 2 aliphatic rings. The molecule has 2 heterocycles. The second-order valence-electron chi connectivity index (χ2n) is 4.76. The Kier molecular flexibility index (Phi) is 2.59. The van der Waals surface area contributed by atoms with Crippen molar-refractivity contribution in [3.8, 4) is 0 Å². The van der Waals surface area contributed by atoms with Gasteiger partial charge in [0.2, 0.25) is 5.91 Å². The molecule has 2 atom stereocenters. The molecule has 2 fully saturated rings. The molecule has 1 N–H and O–H groups in total. The molecular formula is C13H15FN2O. The van der Waals surface area contributed by atoms with Crippen molar-refractivity contribution in [3.63, 3.8) is 0 Å². The van der Waals surface area contributed by atoms with Crippen LogP contribution < -0.4 is 10.2 Å². The van der Waals surface area contributed by atoms with E-state index in [1.807, 2.05) is 4.90 Å². The van der Waals surface area contributed by atoms with E-state index in [1.165, 1.54) is 12.1 Å². The number of fused-ring (bicyclic) bond motifs is 1. The molecule has 3 nitrogen and oxygen atoms in total. The van der Waals surface area contributed by atoms with Gasteiger partial charge in [0.1, 0.15) is 5.82 Å². The fourth-order valence-corrected chi connectivity index (χ4v) is 2.88. The van der Waals surface area contributed by atoms with Crippen LogP contribution in [0.1, 0.15) is 12.8 Å². The Morgan fingerprint density at radius 1 is 1.29 bits per heavy atom. The molecule has 4 heteroatoms. The quantitative estimate of drug-likeness (QED) is 0.799. The minimum Gasteiger partial charge on any atom is -0.315 e. The fraction of sp³-hybridized carbons (Fsp3) is 0.462. The molecule has 0 radical (unpaired) electrons. The van der Waals surface area contributed by atoms with E-state index in [0.29, 0.717) is 12.3 Å². The molecule has 1 aromatic carbocycles. The standard InChI is InChI=1S/C13H15FN2O/c14-10-1-3-11(4-2-10)16-12-8-15-6-5-9(12)7-13(16)17/h1-4,9,12,15H,5-8H2. The summed E-state index contributed by atoms with van der Waals surface area (Å²) in [5, 5.41) is 3.32. The van der Waals surface area contributed by atoms with E-state index < -0.39 is 0 Å². The maximum absolute atomic E-state index is 12.9. The fourth-order valence-electron chi connectivity index (χ4n) is 2.88. The highest BCUT2D eigenvalue weighted by atomic mass is 19.1. The van der Waals surface area contributed by atoms with E-state index in [-0.39, 0.29) is 17.8 Å². The van der Waals surface area contributed by atoms with Crippen LogP contribution in [0.4, 0.5) is 10.1 Å². The lowest BCUT2D eigenvalue weighted by Gasteiger charge is -2.32. The molecule has 0 bridgehead atoms. The lowest BCUT2D eigenvalue weighted by atomic mass is 9.93. The van der Waals surface area contributed by atoms with E-state index in [2.05, 4.69) is 5.32 Å². The zero-order valence-electron chi connectivity index (χ0n) is 9.53. The van der Waals surface area contributed by atoms with Gasteiger partial charge in [-0.3, -0.25) is 4.79 Å². The molecule has 0 spiro atoms. The number of carbonyl (C=O) groups excluding carboxylic acids is 1. The smallest absolute Gasteiger partial charge is 0.227 e. The second-order valence-corrected chi connectivity index (χ2v) is 4.76. The van der Waals surface area contributed by atoms with Gasteiger partial charge in [-0.2, -0.15) is 0 Å². The minimum atomic E-state index is -0.265. The summed E-state index contributed by atoms with van der Waals surface area (Å²) in [6.07, 6.45) is 1.68. The van der Waals surface area contributed by atoms with Gasteiger partial charge in [0, 0.05) is 18.7 Å². The molecule has 2 saturated heterocycles. The van der Waals surface area contributed by atoms with E-state index in [9.17, 15) is 9.18 Å². The van der Waals surface area contributed by atoms with Crippen LogP contribution >= 0.6 is 0 Å². The molecule has 0 saturated carbocycles. The number of anilines is 1. The summed E-state index contributed by atoms with van der Waals surface area (Å²) in [7, 11) is 0. The highest BCUT2D eigenvalue weighted by molar-refractivity contribution is 5.96. The van der Waals surface area contributed by atoms with E-state index in [0.717, 1.165) is 25.2 Å². The number of piperidine rings is 1. The molecule has 1 amide bonds. The highest BCUT2D eigenvalue weighted by Gasteiger charge is 2.41. The van der Waals surface area contributed by atoms with Crippen LogP contribution in [0, 0.1) is 11.7 Å². The van der Waals surface area contributed by atoms with Crippen LogP contribution in [0.2, 0.25) is 0 Å². The number of amides is 1. The van der Waals surface area contributed by atoms with Crippen molar-refractivity contribution in [1.82, 2.24) is 5.32 Å². The monoisotopic (exact) mass is 234 g/mol. The van der Waals surface area contributed by atoms with Gasteiger partial charge in [0.05, 0.1) is 6.04 Å². The Bertz CT molecular complexity index is 432. The van der Waals surface area contributed by atoms with E-state index in [1.54, 1.807) is 12.1 Å². The van der Waals surface area contributed by atoms with Gasteiger partial charge in [-0.05, 0) is 43.1 Å². The normalized spacial score (nSPS) is 28.3. The number of hydrogen-bond donors (Lipinski definition) is 1. The Labute approximate surface area is 99.6 Å². The summed E-state index contributed by atoms with van der Waals surface area (Å²) in [5.41, 5.74) is 0.813. The van der Waals surface area contributed by atoms with Crippen LogP contribution in [-0.2, 0) is 4.79 Å². The Morgan fingerprint density at radius 2 is 2.06 bits per heavy atom. The summed E-state index contributed by atoms with van der Waals surface area (Å²) >= 11 is 0. The van der Waals surface area contributed by atoms with Gasteiger partial charge in [-0.25, -0.2) is 4.39 Å². The number of benzene rings is 1. The lowest BCUT2D eigenvalue weighted by Crippen LogP contribution is -2.46. The van der Waals surface area contributed by atoms with Crippen molar-refractivity contribution in [2.45, 2.75) is 18.9 Å². The maximum Gasteiger partial charge on any atom is 0.227 e. The first kappa shape index (κ1) is 10.7. The van der Waals surface area contributed by atoms with Gasteiger partial charge in [0.25, 0.3) is 0 Å². The van der Waals surface area contributed by atoms with Crippen LogP contribution in [0.3, 0.4) is 0 Å². The maximum atomic E-state index is 12.9. The van der Waals surface area contributed by atoms with Gasteiger partial charge in [0.15, 0.2) is 0 Å². The first-order valence-electron chi connectivity index (χ1n) is 6.04. The zero-order valence-corrected chi connectivity index (χ0v) is 9.53. The molecule has 1 aromatic rings. The topological polar surface area (TPSA) is 32.3 Å². The number of nitrogens with one attached hydrogen (secondary N) is 1. The number of halogens is 1. The Balaban J connectivity index is 1.90. The summed E-state index contributed by atoms with van der Waals surface area (Å²) in [5.74, 6) is 0.350. The largest absolute Gasteiger partial charge is 0.315 e. The van der Waals surface area contributed by atoms with Gasteiger partial charge in [-0.1, -0.05) is 0 Å². The van der Waals surface area contributed by atoms with Crippen molar-refractivity contribution in [2.75, 3.05) is 18.0 Å². The van der Waals surface area contributed by atoms with Crippen molar-refractivity contribution < 1.29 is 9.18 Å². The molecule has 17 heavy (non-hydrogen) atoms. The summed E-state index contributed by atoms with van der Waals surface area (Å²) in [6, 6.07) is 6.43. The lowest BCUT2D eigenvalue weighted by molar-refractivity contribution is -0.117. The third-order valence-electron chi connectivity index (χ3n) is 3.73. The van der Waals surface area contributed by atoms with Crippen molar-refractivity contribution in [3.05, 3.63) is 30.1 Å². The third-order valence-corrected chi connectivity index (χ3v) is 3.73. The summed E-state index contributed by atoms with van der Waals surface area (Å²) < 4.78 is 12.9. The van der Waals surface area contributed by atoms with Crippen LogP contribution in [0.5, 0.6) is 0 Å². The zero-order chi connectivity index (χ0) is 11.8. The van der Waals surface area contributed by atoms with Crippen molar-refractivity contribution in [2.24, 2.45) is 5.92 Å². The number of nitrogens with zero attached hydrogens (tertiary/aromatic N) is 1. The van der Waals surface area contributed by atoms with Crippen molar-refractivity contribution >= 4 is 11.6 Å². The second kappa shape index (κ2) is 4.11. The Morgan fingerprint density at radius 3 is 2.82 bits per heavy atom. The molecular weight excluding hydrogens is 219 g/mol. The number of hydrogen-bond acceptors (Lipinski definition) is 2. The highest BCUT2D eigenvalue weighted by Crippen LogP contribution is 2.33. The summed E-state index contributed by atoms with van der Waals surface area (Å²) in [6.45, 7) is 1.83. The van der Waals surface area contributed by atoms with Crippen LogP contribution in [0.25, 0.3) is 0 Å². The van der Waals surface area contributed by atoms with Crippen molar-refractivity contribution in [1.29, 1.82) is 0 Å². The van der Waals surface area contributed by atoms with Crippen LogP contribution in [-0.4, -0.2) is 25.0 Å². The third kappa shape index (κ3) is 1.82. The van der Waals surface area contributed by atoms with Gasteiger partial charge in [-0.15, -0.1) is 0 Å². The number of rotatable bonds is 1. The average Bonchev–Trinajstić information content (AvgIpc) is 2.66. The molecule has 3 rings (SSSR count). The van der Waals surface area contributed by atoms with Gasteiger partial charge < -0.3 is 10.2 Å². The van der Waals surface area contributed by atoms with E-state index >= 15 is 0 Å². The predicted octanol–water partition coefficient (Wildman–Crippen LogP) is 1.54. The average molecular weight is 234 g/mol. The molecule has 90 valence electrons. The molecule has 0 aliphatic carbocycles. The molecule has 2 unspecified atom stereocenters. The summed E-state index contributed by atoms with van der Waals surface area (Å²) in [4.78, 5) is 13.9. The predicted molar refractivity (Wildman–Crippen MR) is 63.3 cm³/mol. The molecule has 2 aliphatic heterocycles. The Hall–Kier alpha value is -1.42. The molecule has 0 aromatic heterocycles. The number of carbonyl (C=O) groups is 1. The SMILES string of the molecule is O=C1CC2CCNCC2N1c1ccc(F)cc1. The first-order valence-corrected chi connectivity index (χ1v) is 6.04. The van der Waals surface area contributed by atoms with Gasteiger partial charge >= 0.3 is 0 Å².